The van der Waals surface area contributed by atoms with E-state index in [0.717, 1.165) is 103 Å². The van der Waals surface area contributed by atoms with Gasteiger partial charge in [-0.05, 0) is 265 Å². The van der Waals surface area contributed by atoms with E-state index in [9.17, 15) is 55.9 Å². The Kier molecular flexibility index (Phi) is 15.0. The number of carbonyl (C=O) groups excluding carboxylic acids is 8. The summed E-state index contributed by atoms with van der Waals surface area (Å²) in [6, 6.07) is 0. The molecule has 0 radical (unpaired) electrons. The molecule has 26 rings (SSSR count). The third-order valence-corrected chi connectivity index (χ3v) is 31.4. The maximum atomic E-state index is 14.0. The zero-order valence-corrected chi connectivity index (χ0v) is 58.0. The molecule has 2 aliphatic heterocycles. The molecule has 0 amide bonds. The monoisotopic (exact) mass is 1400 g/mol. The summed E-state index contributed by atoms with van der Waals surface area (Å²) >= 11 is 0. The minimum atomic E-state index is -3.60. The van der Waals surface area contributed by atoms with Crippen molar-refractivity contribution in [3.63, 3.8) is 0 Å². The zero-order chi connectivity index (χ0) is 68.8. The third kappa shape index (κ3) is 10.6. The van der Waals surface area contributed by atoms with Crippen molar-refractivity contribution in [2.45, 2.75) is 278 Å². The molecule has 24 aliphatic carbocycles. The molecule has 100 heavy (non-hydrogen) atoms. The summed E-state index contributed by atoms with van der Waals surface area (Å²) in [6.07, 6.45) is 22.8. The highest BCUT2D eigenvalue weighted by atomic mass is 19.3. The van der Waals surface area contributed by atoms with E-state index in [1.54, 1.807) is 0 Å². The Bertz CT molecular complexity index is 3160. The van der Waals surface area contributed by atoms with Crippen LogP contribution in [-0.4, -0.2) is 133 Å². The van der Waals surface area contributed by atoms with E-state index in [-0.39, 0.29) is 109 Å². The number of Topliss-reactive ketones (excluding diaryl/α,β-unsaturated/α-hetero) is 2. The Morgan fingerprint density at radius 2 is 0.550 bits per heavy atom. The van der Waals surface area contributed by atoms with E-state index < -0.39 is 92.6 Å². The Balaban J connectivity index is 0.000000139. The van der Waals surface area contributed by atoms with Gasteiger partial charge in [0, 0.05) is 61.2 Å². The fourth-order valence-electron chi connectivity index (χ4n) is 29.1. The first-order valence-corrected chi connectivity index (χ1v) is 39.2. The van der Waals surface area contributed by atoms with Gasteiger partial charge in [0.25, 0.3) is 0 Å². The van der Waals surface area contributed by atoms with Crippen LogP contribution in [0.2, 0.25) is 0 Å². The highest BCUT2D eigenvalue weighted by Gasteiger charge is 2.73. The Hall–Kier alpha value is -4.28. The quantitative estimate of drug-likeness (QED) is 0.0794. The van der Waals surface area contributed by atoms with Gasteiger partial charge >= 0.3 is 47.7 Å². The van der Waals surface area contributed by atoms with Gasteiger partial charge in [-0.3, -0.25) is 28.8 Å². The van der Waals surface area contributed by atoms with Crippen LogP contribution < -0.4 is 0 Å². The number of ether oxygens (including phenoxy) is 10. The molecule has 18 nitrogen and oxygen atoms in total. The molecule has 2 spiro atoms. The molecule has 2 saturated heterocycles. The molecule has 24 bridgehead atoms. The first-order valence-electron chi connectivity index (χ1n) is 39.2. The van der Waals surface area contributed by atoms with Crippen LogP contribution in [0, 0.1) is 128 Å². The normalized spacial score (nSPS) is 51.8. The van der Waals surface area contributed by atoms with Gasteiger partial charge in [-0.1, -0.05) is 0 Å². The largest absolute Gasteiger partial charge is 0.462 e. The molecule has 22 heteroatoms. The van der Waals surface area contributed by atoms with E-state index in [4.69, 9.17) is 47.4 Å². The summed E-state index contributed by atoms with van der Waals surface area (Å²) < 4.78 is 119. The number of halogens is 4. The molecule has 12 unspecified atom stereocenters. The minimum absolute atomic E-state index is 0.0347. The Labute approximate surface area is 581 Å². The lowest BCUT2D eigenvalue weighted by Crippen LogP contribution is -2.65. The third-order valence-electron chi connectivity index (χ3n) is 31.4. The summed E-state index contributed by atoms with van der Waals surface area (Å²) in [5.74, 6) is -8.82. The van der Waals surface area contributed by atoms with Gasteiger partial charge in [0.05, 0.1) is 21.7 Å². The van der Waals surface area contributed by atoms with Gasteiger partial charge < -0.3 is 47.4 Å². The number of hydrogen-bond acceptors (Lipinski definition) is 18. The van der Waals surface area contributed by atoms with Crippen LogP contribution >= 0.6 is 0 Å². The van der Waals surface area contributed by atoms with Crippen LogP contribution in [0.15, 0.2) is 0 Å². The molecule has 0 aromatic heterocycles. The van der Waals surface area contributed by atoms with E-state index in [2.05, 4.69) is 0 Å². The summed E-state index contributed by atoms with van der Waals surface area (Å²) in [7, 11) is 0. The molecule has 548 valence electrons. The number of hydrogen-bond donors (Lipinski definition) is 0. The molecular formula is C78H100F4O18. The fourth-order valence-corrected chi connectivity index (χ4v) is 29.1. The average Bonchev–Trinajstić information content (AvgIpc) is 1.33. The number of alkyl halides is 4. The molecule has 0 aromatic carbocycles. The Morgan fingerprint density at radius 1 is 0.330 bits per heavy atom. The highest BCUT2D eigenvalue weighted by molar-refractivity contribution is 5.91. The van der Waals surface area contributed by atoms with Gasteiger partial charge in [0.1, 0.15) is 73.6 Å². The smallest absolute Gasteiger partial charge is 0.377 e. The summed E-state index contributed by atoms with van der Waals surface area (Å²) in [4.78, 5) is 106. The topological polar surface area (TPSA) is 229 Å². The summed E-state index contributed by atoms with van der Waals surface area (Å²) in [5.41, 5.74) is -4.09. The second-order valence-electron chi connectivity index (χ2n) is 38.5. The lowest BCUT2D eigenvalue weighted by atomic mass is 9.49. The number of carbonyl (C=O) groups is 8. The highest BCUT2D eigenvalue weighted by Crippen LogP contribution is 2.69. The molecular weight excluding hydrogens is 1300 g/mol. The molecule has 0 aromatic rings. The van der Waals surface area contributed by atoms with Crippen molar-refractivity contribution in [2.24, 2.45) is 128 Å². The average molecular weight is 1400 g/mol. The SMILES string of the molecule is CC(F)(F)C(=O)OC12CC3CC(C1)C1(OC(COC(=O)C45CC6CC(C4)C(=O)C(C6)C5)C(COC(=O)C45CC6CC(C4)C(=O)C(C6)C5)O1)C(C3)C2.CC(F)(F)C(=O)OC12CC3CC(C1)C1(OC(COC(=O)C45CC6CC(CC(C6)C4)C5)C(COC(=O)C45CC6CC(CC(C6)C4)C5)O1)C(C3)C2. The number of ketones is 2. The van der Waals surface area contributed by atoms with Gasteiger partial charge in [-0.15, -0.1) is 0 Å². The lowest BCUT2D eigenvalue weighted by molar-refractivity contribution is -0.326. The van der Waals surface area contributed by atoms with Crippen molar-refractivity contribution in [2.75, 3.05) is 26.4 Å². The Morgan fingerprint density at radius 3 is 0.790 bits per heavy atom. The van der Waals surface area contributed by atoms with Crippen molar-refractivity contribution in [1.82, 2.24) is 0 Å². The summed E-state index contributed by atoms with van der Waals surface area (Å²) in [6.45, 7) is 1.01. The van der Waals surface area contributed by atoms with Gasteiger partial charge in [0.2, 0.25) is 0 Å². The maximum absolute atomic E-state index is 14.0. The first kappa shape index (κ1) is 66.4. The number of rotatable bonds is 16. The van der Waals surface area contributed by atoms with Crippen LogP contribution in [-0.2, 0) is 85.7 Å². The molecule has 24 saturated carbocycles. The van der Waals surface area contributed by atoms with Crippen LogP contribution in [0.4, 0.5) is 17.6 Å². The second-order valence-corrected chi connectivity index (χ2v) is 38.5. The lowest BCUT2D eigenvalue weighted by Gasteiger charge is -2.62. The minimum Gasteiger partial charge on any atom is -0.462 e. The molecule has 26 fully saturated rings. The van der Waals surface area contributed by atoms with E-state index in [1.165, 1.54) is 38.5 Å². The van der Waals surface area contributed by atoms with Crippen molar-refractivity contribution >= 4 is 47.4 Å². The summed E-state index contributed by atoms with van der Waals surface area (Å²) in [5, 5.41) is 0. The maximum Gasteiger partial charge on any atom is 0.377 e. The molecule has 12 atom stereocenters. The van der Waals surface area contributed by atoms with E-state index in [1.807, 2.05) is 0 Å². The number of esters is 6. The van der Waals surface area contributed by atoms with Crippen molar-refractivity contribution < 1.29 is 103 Å². The molecule has 26 aliphatic rings. The zero-order valence-electron chi connectivity index (χ0n) is 58.0. The van der Waals surface area contributed by atoms with Crippen LogP contribution in [0.1, 0.15) is 219 Å². The van der Waals surface area contributed by atoms with Gasteiger partial charge in [-0.2, -0.15) is 17.6 Å². The van der Waals surface area contributed by atoms with Gasteiger partial charge in [-0.25, -0.2) is 9.59 Å². The van der Waals surface area contributed by atoms with Crippen LogP contribution in [0.3, 0.4) is 0 Å². The van der Waals surface area contributed by atoms with Crippen LogP contribution in [0.5, 0.6) is 0 Å². The van der Waals surface area contributed by atoms with Gasteiger partial charge in [0.15, 0.2) is 11.6 Å². The standard InChI is InChI=1S/C39H48F2O10.C39H52F2O8/c1-35(40,41)32(44)51-38-10-21-6-26(15-38)39(27(7-21)16-38)49-28(17-47-33(45)36-8-19-2-22(11-36)30(42)23(3-19)12-36)29(50-39)18-48-34(46)37-9-20-4-24(13-37)31(43)25(5-20)14-37;1-35(40,41)32(42)49-38-16-27-8-28(17-38)39(29(9-27)18-38)47-30(19-45-33(43)36-10-21-2-22(11-36)4-23(3-21)12-36)31(48-39)20-46-34(44)37-13-24-5-25(14-37)7-26(6-24)15-37/h19-29H,2-18H2,1H3;21-31H,2-20H2,1H3. The predicted molar refractivity (Wildman–Crippen MR) is 338 cm³/mol. The van der Waals surface area contributed by atoms with Crippen molar-refractivity contribution in [3.05, 3.63) is 0 Å². The van der Waals surface area contributed by atoms with Crippen LogP contribution in [0.25, 0.3) is 0 Å². The van der Waals surface area contributed by atoms with Crippen molar-refractivity contribution in [1.29, 1.82) is 0 Å². The van der Waals surface area contributed by atoms with E-state index >= 15 is 0 Å². The first-order chi connectivity index (χ1) is 47.5. The molecule has 2 heterocycles. The fraction of sp³-hybridized carbons (Fsp3) is 0.897. The second kappa shape index (κ2) is 22.6. The molecule has 0 N–H and O–H groups in total. The predicted octanol–water partition coefficient (Wildman–Crippen LogP) is 11.9. The van der Waals surface area contributed by atoms with Crippen molar-refractivity contribution in [3.8, 4) is 0 Å². The van der Waals surface area contributed by atoms with E-state index in [0.29, 0.717) is 137 Å².